The van der Waals surface area contributed by atoms with E-state index in [1.54, 1.807) is 0 Å². The normalized spacial score (nSPS) is 16.0. The van der Waals surface area contributed by atoms with E-state index in [1.165, 1.54) is 0 Å². The van der Waals surface area contributed by atoms with Gasteiger partial charge in [-0.1, -0.05) is 0 Å². The van der Waals surface area contributed by atoms with Gasteiger partial charge in [0.05, 0.1) is 19.8 Å². The maximum atomic E-state index is 8.54. The van der Waals surface area contributed by atoms with Crippen LogP contribution in [0.5, 0.6) is 0 Å². The number of rotatable bonds is 7. The second kappa shape index (κ2) is 6.37. The summed E-state index contributed by atoms with van der Waals surface area (Å²) in [4.78, 5) is 0. The third kappa shape index (κ3) is 4.66. The van der Waals surface area contributed by atoms with Crippen LogP contribution in [-0.2, 0) is 9.47 Å². The van der Waals surface area contributed by atoms with Crippen LogP contribution in [0.2, 0.25) is 0 Å². The molecule has 0 saturated carbocycles. The van der Waals surface area contributed by atoms with Gasteiger partial charge in [0.15, 0.2) is 0 Å². The lowest BCUT2D eigenvalue weighted by molar-refractivity contribution is -0.0868. The molecule has 0 aromatic rings. The smallest absolute Gasteiger partial charge is 0.101 e. The summed E-state index contributed by atoms with van der Waals surface area (Å²) >= 11 is 0. The molecule has 0 aliphatic heterocycles. The van der Waals surface area contributed by atoms with Crippen molar-refractivity contribution in [2.24, 2.45) is 5.73 Å². The lowest BCUT2D eigenvalue weighted by Gasteiger charge is -2.27. The van der Waals surface area contributed by atoms with Gasteiger partial charge in [0.2, 0.25) is 0 Å². The Morgan fingerprint density at radius 1 is 1.50 bits per heavy atom. The van der Waals surface area contributed by atoms with Crippen LogP contribution < -0.4 is 5.73 Å². The summed E-state index contributed by atoms with van der Waals surface area (Å²) in [6, 6.07) is 0. The van der Waals surface area contributed by atoms with Crippen molar-refractivity contribution < 1.29 is 14.6 Å². The maximum absolute atomic E-state index is 8.54. The van der Waals surface area contributed by atoms with Crippen LogP contribution in [0.4, 0.5) is 0 Å². The Labute approximate surface area is 73.7 Å². The highest BCUT2D eigenvalue weighted by atomic mass is 16.5. The Morgan fingerprint density at radius 2 is 2.17 bits per heavy atom. The number of hydrogen-bond donors (Lipinski definition) is 2. The van der Waals surface area contributed by atoms with Crippen molar-refractivity contribution in [3.05, 3.63) is 0 Å². The highest BCUT2D eigenvalue weighted by Gasteiger charge is 2.22. The molecule has 0 aliphatic carbocycles. The van der Waals surface area contributed by atoms with E-state index in [1.807, 2.05) is 13.8 Å². The van der Waals surface area contributed by atoms with Crippen LogP contribution in [0.3, 0.4) is 0 Å². The fourth-order valence-corrected chi connectivity index (χ4v) is 0.770. The standard InChI is InChI=1S/C8H19NO3/c1-3-11-7-8(2,6-9)12-5-4-10/h10H,3-7,9H2,1-2H3. The first-order valence-electron chi connectivity index (χ1n) is 4.21. The summed E-state index contributed by atoms with van der Waals surface area (Å²) in [6.07, 6.45) is 0. The molecule has 0 saturated heterocycles. The second-order valence-electron chi connectivity index (χ2n) is 2.86. The van der Waals surface area contributed by atoms with Crippen LogP contribution in [0.25, 0.3) is 0 Å². The first kappa shape index (κ1) is 11.8. The van der Waals surface area contributed by atoms with Crippen LogP contribution in [0.1, 0.15) is 13.8 Å². The predicted molar refractivity (Wildman–Crippen MR) is 47.0 cm³/mol. The summed E-state index contributed by atoms with van der Waals surface area (Å²) in [6.45, 7) is 5.63. The molecular weight excluding hydrogens is 158 g/mol. The van der Waals surface area contributed by atoms with Gasteiger partial charge in [0.1, 0.15) is 5.60 Å². The zero-order valence-electron chi connectivity index (χ0n) is 7.88. The van der Waals surface area contributed by atoms with Crippen LogP contribution in [0, 0.1) is 0 Å². The first-order chi connectivity index (χ1) is 5.68. The van der Waals surface area contributed by atoms with E-state index >= 15 is 0 Å². The third-order valence-corrected chi connectivity index (χ3v) is 1.59. The van der Waals surface area contributed by atoms with E-state index in [2.05, 4.69) is 0 Å². The molecule has 0 spiro atoms. The Bertz CT molecular complexity index is 100. The summed E-state index contributed by atoms with van der Waals surface area (Å²) in [5, 5.41) is 8.54. The van der Waals surface area contributed by atoms with E-state index < -0.39 is 5.60 Å². The number of aliphatic hydroxyl groups excluding tert-OH is 1. The van der Waals surface area contributed by atoms with Gasteiger partial charge in [-0.15, -0.1) is 0 Å². The zero-order valence-corrected chi connectivity index (χ0v) is 7.88. The molecule has 3 N–H and O–H groups in total. The number of nitrogens with two attached hydrogens (primary N) is 1. The van der Waals surface area contributed by atoms with Crippen molar-refractivity contribution in [3.8, 4) is 0 Å². The third-order valence-electron chi connectivity index (χ3n) is 1.59. The van der Waals surface area contributed by atoms with Crippen molar-refractivity contribution in [3.63, 3.8) is 0 Å². The molecule has 0 bridgehead atoms. The Balaban J connectivity index is 3.70. The molecule has 0 aromatic heterocycles. The predicted octanol–water partition coefficient (Wildman–Crippen LogP) is -0.251. The van der Waals surface area contributed by atoms with Crippen molar-refractivity contribution in [2.45, 2.75) is 19.4 Å². The molecule has 0 aliphatic rings. The zero-order chi connectivity index (χ0) is 9.45. The molecule has 0 rings (SSSR count). The average molecular weight is 177 g/mol. The van der Waals surface area contributed by atoms with Gasteiger partial charge in [-0.05, 0) is 13.8 Å². The van der Waals surface area contributed by atoms with Crippen LogP contribution >= 0.6 is 0 Å². The fraction of sp³-hybridized carbons (Fsp3) is 1.00. The lowest BCUT2D eigenvalue weighted by Crippen LogP contribution is -2.42. The largest absolute Gasteiger partial charge is 0.394 e. The maximum Gasteiger partial charge on any atom is 0.101 e. The van der Waals surface area contributed by atoms with Crippen LogP contribution in [-0.4, -0.2) is 43.7 Å². The fourth-order valence-electron chi connectivity index (χ4n) is 0.770. The number of ether oxygens (including phenoxy) is 2. The molecular formula is C8H19NO3. The van der Waals surface area contributed by atoms with Gasteiger partial charge < -0.3 is 20.3 Å². The van der Waals surface area contributed by atoms with Crippen molar-refractivity contribution in [1.29, 1.82) is 0 Å². The Hall–Kier alpha value is -0.160. The molecule has 0 radical (unpaired) electrons. The molecule has 4 nitrogen and oxygen atoms in total. The highest BCUT2D eigenvalue weighted by molar-refractivity contribution is 4.75. The minimum atomic E-state index is -0.460. The molecule has 0 heterocycles. The van der Waals surface area contributed by atoms with Gasteiger partial charge in [-0.25, -0.2) is 0 Å². The first-order valence-corrected chi connectivity index (χ1v) is 4.21. The average Bonchev–Trinajstić information content (AvgIpc) is 2.11. The number of hydrogen-bond acceptors (Lipinski definition) is 4. The Morgan fingerprint density at radius 3 is 2.58 bits per heavy atom. The van der Waals surface area contributed by atoms with E-state index in [-0.39, 0.29) is 6.61 Å². The molecule has 4 heteroatoms. The van der Waals surface area contributed by atoms with Crippen molar-refractivity contribution in [1.82, 2.24) is 0 Å². The van der Waals surface area contributed by atoms with Gasteiger partial charge >= 0.3 is 0 Å². The van der Waals surface area contributed by atoms with E-state index in [0.717, 1.165) is 0 Å². The van der Waals surface area contributed by atoms with Gasteiger partial charge in [-0.2, -0.15) is 0 Å². The monoisotopic (exact) mass is 177 g/mol. The molecule has 0 aromatic carbocycles. The Kier molecular flexibility index (Phi) is 6.28. The molecule has 12 heavy (non-hydrogen) atoms. The van der Waals surface area contributed by atoms with E-state index in [0.29, 0.717) is 26.4 Å². The summed E-state index contributed by atoms with van der Waals surface area (Å²) in [7, 11) is 0. The SMILES string of the molecule is CCOCC(C)(CN)OCCO. The quantitative estimate of drug-likeness (QED) is 0.563. The topological polar surface area (TPSA) is 64.7 Å². The van der Waals surface area contributed by atoms with Gasteiger partial charge in [0, 0.05) is 13.2 Å². The minimum absolute atomic E-state index is 0.0156. The molecule has 74 valence electrons. The van der Waals surface area contributed by atoms with E-state index in [9.17, 15) is 0 Å². The van der Waals surface area contributed by atoms with Crippen molar-refractivity contribution in [2.75, 3.05) is 33.0 Å². The van der Waals surface area contributed by atoms with Crippen LogP contribution in [0.15, 0.2) is 0 Å². The molecule has 0 amide bonds. The summed E-state index contributed by atoms with van der Waals surface area (Å²) in [5.74, 6) is 0. The summed E-state index contributed by atoms with van der Waals surface area (Å²) < 4.78 is 10.5. The summed E-state index contributed by atoms with van der Waals surface area (Å²) in [5.41, 5.74) is 5.04. The lowest BCUT2D eigenvalue weighted by atomic mass is 10.1. The van der Waals surface area contributed by atoms with E-state index in [4.69, 9.17) is 20.3 Å². The minimum Gasteiger partial charge on any atom is -0.394 e. The second-order valence-corrected chi connectivity index (χ2v) is 2.86. The molecule has 1 atom stereocenters. The molecule has 0 fully saturated rings. The van der Waals surface area contributed by atoms with Crippen molar-refractivity contribution >= 4 is 0 Å². The number of aliphatic hydroxyl groups is 1. The molecule has 1 unspecified atom stereocenters. The van der Waals surface area contributed by atoms with Gasteiger partial charge in [-0.3, -0.25) is 0 Å². The highest BCUT2D eigenvalue weighted by Crippen LogP contribution is 2.08. The van der Waals surface area contributed by atoms with Gasteiger partial charge in [0.25, 0.3) is 0 Å².